The standard InChI is InChI=1S/C15H16N2O2/c18-11-13-3-1-2-4-14(13)17-15(19)6-5-12-7-9-16-10-8-12/h1-4,7-10,18H,5-6,11H2,(H,17,19). The molecule has 0 atom stereocenters. The van der Waals surface area contributed by atoms with Crippen molar-refractivity contribution in [1.82, 2.24) is 4.98 Å². The molecule has 2 N–H and O–H groups in total. The van der Waals surface area contributed by atoms with Crippen LogP contribution in [0, 0.1) is 0 Å². The van der Waals surface area contributed by atoms with E-state index in [1.54, 1.807) is 24.5 Å². The number of aliphatic hydroxyl groups is 1. The van der Waals surface area contributed by atoms with Crippen LogP contribution in [0.4, 0.5) is 5.69 Å². The van der Waals surface area contributed by atoms with Crippen molar-refractivity contribution in [2.75, 3.05) is 5.32 Å². The summed E-state index contributed by atoms with van der Waals surface area (Å²) in [6, 6.07) is 11.0. The molecule has 1 aromatic heterocycles. The molecule has 1 heterocycles. The summed E-state index contributed by atoms with van der Waals surface area (Å²) in [5.74, 6) is -0.0577. The second-order valence-corrected chi connectivity index (χ2v) is 4.22. The van der Waals surface area contributed by atoms with Gasteiger partial charge in [0.05, 0.1) is 6.61 Å². The first-order valence-electron chi connectivity index (χ1n) is 6.17. The number of amides is 1. The zero-order valence-corrected chi connectivity index (χ0v) is 10.5. The first-order valence-corrected chi connectivity index (χ1v) is 6.17. The average molecular weight is 256 g/mol. The molecule has 0 fully saturated rings. The summed E-state index contributed by atoms with van der Waals surface area (Å²) in [6.07, 6.45) is 4.52. The Kier molecular flexibility index (Phi) is 4.64. The van der Waals surface area contributed by atoms with E-state index in [4.69, 9.17) is 0 Å². The molecule has 4 heteroatoms. The second kappa shape index (κ2) is 6.66. The molecule has 19 heavy (non-hydrogen) atoms. The summed E-state index contributed by atoms with van der Waals surface area (Å²) in [7, 11) is 0. The van der Waals surface area contributed by atoms with E-state index in [1.165, 1.54) is 0 Å². The van der Waals surface area contributed by atoms with Gasteiger partial charge < -0.3 is 10.4 Å². The van der Waals surface area contributed by atoms with E-state index in [-0.39, 0.29) is 12.5 Å². The molecule has 0 spiro atoms. The molecule has 1 aromatic carbocycles. The Morgan fingerprint density at radius 1 is 1.16 bits per heavy atom. The quantitative estimate of drug-likeness (QED) is 0.861. The van der Waals surface area contributed by atoms with Crippen LogP contribution in [0.25, 0.3) is 0 Å². The number of aliphatic hydroxyl groups excluding tert-OH is 1. The number of para-hydroxylation sites is 1. The number of anilines is 1. The monoisotopic (exact) mass is 256 g/mol. The molecule has 0 bridgehead atoms. The number of benzene rings is 1. The van der Waals surface area contributed by atoms with Crippen LogP contribution in [-0.4, -0.2) is 16.0 Å². The Bertz CT molecular complexity index is 541. The van der Waals surface area contributed by atoms with Crippen molar-refractivity contribution in [2.45, 2.75) is 19.4 Å². The van der Waals surface area contributed by atoms with Crippen LogP contribution in [0.2, 0.25) is 0 Å². The van der Waals surface area contributed by atoms with Crippen molar-refractivity contribution in [1.29, 1.82) is 0 Å². The second-order valence-electron chi connectivity index (χ2n) is 4.22. The van der Waals surface area contributed by atoms with Gasteiger partial charge >= 0.3 is 0 Å². The smallest absolute Gasteiger partial charge is 0.224 e. The summed E-state index contributed by atoms with van der Waals surface area (Å²) in [5, 5.41) is 12.0. The molecule has 0 saturated heterocycles. The first-order chi connectivity index (χ1) is 9.29. The fraction of sp³-hybridized carbons (Fsp3) is 0.200. The Morgan fingerprint density at radius 3 is 2.63 bits per heavy atom. The highest BCUT2D eigenvalue weighted by atomic mass is 16.3. The topological polar surface area (TPSA) is 62.2 Å². The molecule has 4 nitrogen and oxygen atoms in total. The predicted molar refractivity (Wildman–Crippen MR) is 73.6 cm³/mol. The number of carbonyl (C=O) groups is 1. The number of carbonyl (C=O) groups excluding carboxylic acids is 1. The molecule has 0 unspecified atom stereocenters. The maximum atomic E-state index is 11.8. The first kappa shape index (κ1) is 13.2. The lowest BCUT2D eigenvalue weighted by Crippen LogP contribution is -2.13. The number of aromatic nitrogens is 1. The summed E-state index contributed by atoms with van der Waals surface area (Å²) in [5.41, 5.74) is 2.48. The molecule has 2 aromatic rings. The van der Waals surface area contributed by atoms with Crippen molar-refractivity contribution in [2.24, 2.45) is 0 Å². The lowest BCUT2D eigenvalue weighted by Gasteiger charge is -2.09. The molecular formula is C15H16N2O2. The number of hydrogen-bond acceptors (Lipinski definition) is 3. The molecule has 0 aliphatic heterocycles. The third-order valence-electron chi connectivity index (χ3n) is 2.85. The number of rotatable bonds is 5. The molecule has 0 radical (unpaired) electrons. The van der Waals surface area contributed by atoms with Gasteiger partial charge in [-0.05, 0) is 30.2 Å². The third kappa shape index (κ3) is 3.89. The minimum atomic E-state index is -0.0825. The molecule has 0 aliphatic carbocycles. The third-order valence-corrected chi connectivity index (χ3v) is 2.85. The minimum Gasteiger partial charge on any atom is -0.392 e. The number of hydrogen-bond donors (Lipinski definition) is 2. The van der Waals surface area contributed by atoms with Gasteiger partial charge in [-0.15, -0.1) is 0 Å². The molecule has 2 rings (SSSR count). The van der Waals surface area contributed by atoms with Gasteiger partial charge in [0, 0.05) is 30.1 Å². The van der Waals surface area contributed by atoms with Gasteiger partial charge in [-0.2, -0.15) is 0 Å². The number of pyridine rings is 1. The van der Waals surface area contributed by atoms with Crippen LogP contribution in [0.5, 0.6) is 0 Å². The molecule has 98 valence electrons. The van der Waals surface area contributed by atoms with E-state index in [0.717, 1.165) is 11.1 Å². The van der Waals surface area contributed by atoms with E-state index in [9.17, 15) is 9.90 Å². The van der Waals surface area contributed by atoms with E-state index in [1.807, 2.05) is 24.3 Å². The van der Waals surface area contributed by atoms with Crippen molar-refractivity contribution >= 4 is 11.6 Å². The van der Waals surface area contributed by atoms with Gasteiger partial charge in [-0.3, -0.25) is 9.78 Å². The summed E-state index contributed by atoms with van der Waals surface area (Å²) in [6.45, 7) is -0.0825. The highest BCUT2D eigenvalue weighted by Gasteiger charge is 2.06. The zero-order chi connectivity index (χ0) is 13.5. The van der Waals surface area contributed by atoms with Gasteiger partial charge in [0.1, 0.15) is 0 Å². The molecule has 0 aliphatic rings. The lowest BCUT2D eigenvalue weighted by atomic mass is 10.1. The van der Waals surface area contributed by atoms with Gasteiger partial charge in [0.2, 0.25) is 5.91 Å². The van der Waals surface area contributed by atoms with Crippen LogP contribution in [0.15, 0.2) is 48.8 Å². The highest BCUT2D eigenvalue weighted by molar-refractivity contribution is 5.91. The lowest BCUT2D eigenvalue weighted by molar-refractivity contribution is -0.116. The van der Waals surface area contributed by atoms with Gasteiger partial charge in [-0.1, -0.05) is 18.2 Å². The number of nitrogens with zero attached hydrogens (tertiary/aromatic N) is 1. The Balaban J connectivity index is 1.91. The normalized spacial score (nSPS) is 10.2. The zero-order valence-electron chi connectivity index (χ0n) is 10.5. The van der Waals surface area contributed by atoms with Crippen LogP contribution < -0.4 is 5.32 Å². The van der Waals surface area contributed by atoms with E-state index in [0.29, 0.717) is 18.5 Å². The molecular weight excluding hydrogens is 240 g/mol. The van der Waals surface area contributed by atoms with Crippen LogP contribution in [-0.2, 0) is 17.8 Å². The van der Waals surface area contributed by atoms with Gasteiger partial charge in [-0.25, -0.2) is 0 Å². The maximum Gasteiger partial charge on any atom is 0.224 e. The number of nitrogens with one attached hydrogen (secondary N) is 1. The maximum absolute atomic E-state index is 11.8. The minimum absolute atomic E-state index is 0.0577. The van der Waals surface area contributed by atoms with Crippen molar-refractivity contribution < 1.29 is 9.90 Å². The summed E-state index contributed by atoms with van der Waals surface area (Å²) < 4.78 is 0. The predicted octanol–water partition coefficient (Wildman–Crippen LogP) is 2.15. The summed E-state index contributed by atoms with van der Waals surface area (Å²) in [4.78, 5) is 15.8. The Morgan fingerprint density at radius 2 is 1.89 bits per heavy atom. The fourth-order valence-corrected chi connectivity index (χ4v) is 1.80. The average Bonchev–Trinajstić information content (AvgIpc) is 2.47. The van der Waals surface area contributed by atoms with E-state index >= 15 is 0 Å². The molecule has 1 amide bonds. The van der Waals surface area contributed by atoms with Crippen molar-refractivity contribution in [3.63, 3.8) is 0 Å². The molecule has 0 saturated carbocycles. The summed E-state index contributed by atoms with van der Waals surface area (Å²) >= 11 is 0. The van der Waals surface area contributed by atoms with E-state index in [2.05, 4.69) is 10.3 Å². The highest BCUT2D eigenvalue weighted by Crippen LogP contribution is 2.15. The van der Waals surface area contributed by atoms with Crippen molar-refractivity contribution in [3.8, 4) is 0 Å². The van der Waals surface area contributed by atoms with Gasteiger partial charge in [0.15, 0.2) is 0 Å². The Hall–Kier alpha value is -2.20. The van der Waals surface area contributed by atoms with Crippen LogP contribution >= 0.6 is 0 Å². The van der Waals surface area contributed by atoms with Crippen LogP contribution in [0.1, 0.15) is 17.5 Å². The largest absolute Gasteiger partial charge is 0.392 e. The number of aryl methyl sites for hydroxylation is 1. The SMILES string of the molecule is O=C(CCc1ccncc1)Nc1ccccc1CO. The van der Waals surface area contributed by atoms with Crippen LogP contribution in [0.3, 0.4) is 0 Å². The Labute approximate surface area is 112 Å². The van der Waals surface area contributed by atoms with E-state index < -0.39 is 0 Å². The van der Waals surface area contributed by atoms with Gasteiger partial charge in [0.25, 0.3) is 0 Å². The fourth-order valence-electron chi connectivity index (χ4n) is 1.80. The van der Waals surface area contributed by atoms with Crippen molar-refractivity contribution in [3.05, 3.63) is 59.9 Å².